The van der Waals surface area contributed by atoms with Gasteiger partial charge in [-0.3, -0.25) is 14.4 Å². The molecule has 51 heavy (non-hydrogen) atoms. The van der Waals surface area contributed by atoms with Gasteiger partial charge in [-0.15, -0.1) is 0 Å². The highest BCUT2D eigenvalue weighted by Crippen LogP contribution is 2.48. The Kier molecular flexibility index (Phi) is 9.87. The second kappa shape index (κ2) is 13.7. The van der Waals surface area contributed by atoms with Gasteiger partial charge in [0.05, 0.1) is 18.7 Å². The molecular formula is C34H41ClFN5O9S. The number of pyridine rings is 1. The van der Waals surface area contributed by atoms with Gasteiger partial charge in [-0.05, 0) is 61.1 Å². The number of carbonyl (C=O) groups is 4. The summed E-state index contributed by atoms with van der Waals surface area (Å²) < 4.78 is 53.6. The average molecular weight is 750 g/mol. The van der Waals surface area contributed by atoms with Crippen molar-refractivity contribution in [3.05, 3.63) is 41.6 Å². The van der Waals surface area contributed by atoms with Crippen molar-refractivity contribution in [3.63, 3.8) is 0 Å². The highest BCUT2D eigenvalue weighted by Gasteiger charge is 2.64. The number of carboxylic acid groups (broad SMARTS) is 1. The van der Waals surface area contributed by atoms with Crippen LogP contribution in [-0.4, -0.2) is 89.6 Å². The molecule has 4 amide bonds. The van der Waals surface area contributed by atoms with Gasteiger partial charge in [0.15, 0.2) is 0 Å². The Morgan fingerprint density at radius 1 is 1.20 bits per heavy atom. The number of alkyl halides is 1. The smallest absolute Gasteiger partial charge is 0.405 e. The second-order valence-corrected chi connectivity index (χ2v) is 16.5. The molecule has 14 nitrogen and oxygen atoms in total. The number of carbonyl (C=O) groups excluding carboxylic acids is 3. The lowest BCUT2D eigenvalue weighted by molar-refractivity contribution is -0.142. The minimum Gasteiger partial charge on any atom is -0.495 e. The third-order valence-electron chi connectivity index (χ3n) is 10.3. The topological polar surface area (TPSA) is 193 Å². The van der Waals surface area contributed by atoms with E-state index < -0.39 is 74.4 Å². The quantitative estimate of drug-likeness (QED) is 0.304. The summed E-state index contributed by atoms with van der Waals surface area (Å²) in [6.07, 6.45) is 4.14. The monoisotopic (exact) mass is 749 g/mol. The Labute approximate surface area is 299 Å². The molecule has 3 heterocycles. The van der Waals surface area contributed by atoms with E-state index in [4.69, 9.17) is 21.1 Å². The number of methoxy groups -OCH3 is 1. The number of hydrogen-bond donors (Lipinski definition) is 4. The molecule has 2 aromatic rings. The molecule has 0 bridgehead atoms. The first-order valence-corrected chi connectivity index (χ1v) is 18.8. The number of hydrogen-bond acceptors (Lipinski definition) is 9. The van der Waals surface area contributed by atoms with Crippen molar-refractivity contribution in [2.75, 3.05) is 13.7 Å². The molecule has 1 aromatic carbocycles. The van der Waals surface area contributed by atoms with Crippen LogP contribution in [0.4, 0.5) is 9.18 Å². The molecule has 3 fully saturated rings. The Hall–Kier alpha value is -4.18. The molecular weight excluding hydrogens is 709 g/mol. The Morgan fingerprint density at radius 3 is 2.63 bits per heavy atom. The molecule has 2 aliphatic carbocycles. The van der Waals surface area contributed by atoms with Crippen LogP contribution in [0.1, 0.15) is 58.8 Å². The summed E-state index contributed by atoms with van der Waals surface area (Å²) in [7, 11) is -3.19. The number of sulfonamides is 1. The van der Waals surface area contributed by atoms with Crippen molar-refractivity contribution in [2.45, 2.75) is 87.5 Å². The number of benzene rings is 1. The van der Waals surface area contributed by atoms with Crippen LogP contribution in [0.25, 0.3) is 10.8 Å². The van der Waals surface area contributed by atoms with E-state index in [2.05, 4.69) is 15.6 Å². The number of allylic oxidation sites excluding steroid dienone is 1. The van der Waals surface area contributed by atoms with Gasteiger partial charge in [0, 0.05) is 36.8 Å². The fraction of sp³-hybridized carbons (Fsp3) is 0.559. The van der Waals surface area contributed by atoms with E-state index in [1.165, 1.54) is 18.2 Å². The molecule has 4 aliphatic rings. The maximum Gasteiger partial charge on any atom is 0.405 e. The molecule has 2 saturated carbocycles. The lowest BCUT2D eigenvalue weighted by atomic mass is 9.88. The molecule has 2 aliphatic heterocycles. The number of rotatable bonds is 7. The van der Waals surface area contributed by atoms with Crippen LogP contribution >= 0.6 is 11.6 Å². The normalized spacial score (nSPS) is 30.6. The van der Waals surface area contributed by atoms with Gasteiger partial charge in [-0.2, -0.15) is 0 Å². The van der Waals surface area contributed by atoms with Crippen LogP contribution in [0.3, 0.4) is 0 Å². The van der Waals surface area contributed by atoms with Crippen LogP contribution in [0, 0.1) is 17.8 Å². The van der Waals surface area contributed by atoms with Gasteiger partial charge in [-0.1, -0.05) is 37.6 Å². The van der Waals surface area contributed by atoms with Gasteiger partial charge < -0.3 is 30.1 Å². The molecule has 1 aromatic heterocycles. The Morgan fingerprint density at radius 2 is 1.94 bits per heavy atom. The summed E-state index contributed by atoms with van der Waals surface area (Å²) in [5, 5.41) is 13.8. The van der Waals surface area contributed by atoms with Gasteiger partial charge in [0.1, 0.15) is 29.5 Å². The van der Waals surface area contributed by atoms with E-state index in [1.54, 1.807) is 31.2 Å². The largest absolute Gasteiger partial charge is 0.495 e. The third-order valence-corrected chi connectivity index (χ3v) is 12.4. The zero-order valence-electron chi connectivity index (χ0n) is 28.4. The molecule has 0 spiro atoms. The van der Waals surface area contributed by atoms with Crippen molar-refractivity contribution in [1.29, 1.82) is 0 Å². The second-order valence-electron chi connectivity index (χ2n) is 14.1. The first kappa shape index (κ1) is 36.6. The van der Waals surface area contributed by atoms with Crippen molar-refractivity contribution >= 4 is 56.2 Å². The van der Waals surface area contributed by atoms with Gasteiger partial charge in [-0.25, -0.2) is 27.3 Å². The van der Waals surface area contributed by atoms with Gasteiger partial charge in [0.25, 0.3) is 15.9 Å². The average Bonchev–Trinajstić information content (AvgIpc) is 3.95. The van der Waals surface area contributed by atoms with E-state index >= 15 is 0 Å². The number of amides is 4. The van der Waals surface area contributed by atoms with Crippen molar-refractivity contribution in [2.24, 2.45) is 17.8 Å². The Bertz CT molecular complexity index is 1890. The van der Waals surface area contributed by atoms with E-state index in [-0.39, 0.29) is 44.0 Å². The summed E-state index contributed by atoms with van der Waals surface area (Å²) in [5.41, 5.74) is -1.72. The molecule has 0 radical (unpaired) electrons. The van der Waals surface area contributed by atoms with Crippen LogP contribution in [0.15, 0.2) is 36.5 Å². The SMILES string of the molecule is COc1cc2ccnc(O[C@@H]3C[C@H]4C(=O)N[C@]5(C(=O)NS(=O)(=O)C6(F)CC6)C[C@H]5C=CCC[C@@H](C)C[C@@H](C)[C@H](NC(=O)O)C(=O)N4C3)c2cc1Cl. The van der Waals surface area contributed by atoms with Crippen molar-refractivity contribution in [3.8, 4) is 11.6 Å². The summed E-state index contributed by atoms with van der Waals surface area (Å²) in [6, 6.07) is 2.61. The van der Waals surface area contributed by atoms with Gasteiger partial charge in [0.2, 0.25) is 22.7 Å². The lowest BCUT2D eigenvalue weighted by Crippen LogP contribution is -2.59. The molecule has 4 N–H and O–H groups in total. The maximum atomic E-state index is 14.7. The molecule has 0 unspecified atom stereocenters. The molecule has 7 atom stereocenters. The predicted octanol–water partition coefficient (Wildman–Crippen LogP) is 3.67. The fourth-order valence-electron chi connectivity index (χ4n) is 7.18. The first-order chi connectivity index (χ1) is 24.1. The third kappa shape index (κ3) is 7.30. The van der Waals surface area contributed by atoms with E-state index in [9.17, 15) is 37.1 Å². The summed E-state index contributed by atoms with van der Waals surface area (Å²) in [6.45, 7) is 3.62. The van der Waals surface area contributed by atoms with E-state index in [0.717, 1.165) is 0 Å². The highest BCUT2D eigenvalue weighted by molar-refractivity contribution is 7.91. The molecule has 276 valence electrons. The van der Waals surface area contributed by atoms with Crippen molar-refractivity contribution < 1.29 is 46.6 Å². The van der Waals surface area contributed by atoms with Crippen LogP contribution in [0.5, 0.6) is 11.6 Å². The van der Waals surface area contributed by atoms with Crippen LogP contribution in [-0.2, 0) is 24.4 Å². The number of fused-ring (bicyclic) bond motifs is 3. The standard InChI is InChI=1S/C34H41ClFN5O9S/c1-18-6-4-5-7-21-16-34(21,31(44)40-51(47,48)33(36)9-10-33)39-28(42)25-14-22(17-41(25)30(43)27(19(2)12-18)38-32(45)46)50-29-23-15-24(35)26(49-3)13-20(23)8-11-37-29/h5,7-8,11,13,15,18-19,21-22,25,27,38H,4,6,9-10,12,14,16-17H2,1-3H3,(H,39,42)(H,40,44)(H,45,46)/t18-,19-,21-,22-,25+,27+,34-/m1/s1. The predicted molar refractivity (Wildman–Crippen MR) is 183 cm³/mol. The lowest BCUT2D eigenvalue weighted by Gasteiger charge is -2.32. The number of halogens is 2. The zero-order valence-corrected chi connectivity index (χ0v) is 29.9. The number of aromatic nitrogens is 1. The number of ether oxygens (including phenoxy) is 2. The summed E-state index contributed by atoms with van der Waals surface area (Å²) >= 11 is 6.40. The highest BCUT2D eigenvalue weighted by atomic mass is 35.5. The summed E-state index contributed by atoms with van der Waals surface area (Å²) in [5.74, 6) is -2.86. The number of nitrogens with zero attached hydrogens (tertiary/aromatic N) is 2. The first-order valence-electron chi connectivity index (χ1n) is 16.9. The fourth-order valence-corrected chi connectivity index (χ4v) is 8.67. The minimum atomic E-state index is -4.67. The van der Waals surface area contributed by atoms with Crippen molar-refractivity contribution in [1.82, 2.24) is 25.2 Å². The van der Waals surface area contributed by atoms with E-state index in [1.807, 2.05) is 17.7 Å². The molecule has 17 heteroatoms. The van der Waals surface area contributed by atoms with Gasteiger partial charge >= 0.3 is 6.09 Å². The number of nitrogens with one attached hydrogen (secondary N) is 3. The van der Waals surface area contributed by atoms with Crippen LogP contribution in [0.2, 0.25) is 5.02 Å². The minimum absolute atomic E-state index is 0.0520. The van der Waals surface area contributed by atoms with E-state index in [0.29, 0.717) is 40.8 Å². The maximum absolute atomic E-state index is 14.7. The van der Waals surface area contributed by atoms with Crippen LogP contribution < -0.4 is 24.8 Å². The zero-order chi connectivity index (χ0) is 36.9. The summed E-state index contributed by atoms with van der Waals surface area (Å²) in [4.78, 5) is 59.7. The molecule has 6 rings (SSSR count). The molecule has 1 saturated heterocycles. The Balaban J connectivity index is 1.34.